The molecular formula is C27H25ClN4O2. The molecule has 6 nitrogen and oxygen atoms in total. The number of carbonyl (C=O) groups is 2. The Balaban J connectivity index is 1.37. The fraction of sp³-hybridized carbons (Fsp3) is 0.148. The third-order valence-electron chi connectivity index (χ3n) is 5.45. The van der Waals surface area contributed by atoms with E-state index < -0.39 is 6.04 Å². The van der Waals surface area contributed by atoms with Gasteiger partial charge in [-0.3, -0.25) is 9.59 Å². The minimum atomic E-state index is -0.484. The number of halogens is 1. The van der Waals surface area contributed by atoms with E-state index in [1.807, 2.05) is 65.4 Å². The summed E-state index contributed by atoms with van der Waals surface area (Å²) in [6, 6.07) is 23.9. The molecule has 172 valence electrons. The Hall–Kier alpha value is -3.90. The van der Waals surface area contributed by atoms with E-state index in [1.165, 1.54) is 0 Å². The zero-order valence-corrected chi connectivity index (χ0v) is 19.3. The molecule has 1 heterocycles. The monoisotopic (exact) mass is 472 g/mol. The van der Waals surface area contributed by atoms with Gasteiger partial charge >= 0.3 is 0 Å². The topological polar surface area (TPSA) is 76.0 Å². The van der Waals surface area contributed by atoms with Gasteiger partial charge in [-0.25, -0.2) is 4.98 Å². The maximum Gasteiger partial charge on any atom is 0.253 e. The van der Waals surface area contributed by atoms with Gasteiger partial charge in [-0.05, 0) is 28.8 Å². The molecule has 2 N–H and O–H groups in total. The predicted molar refractivity (Wildman–Crippen MR) is 132 cm³/mol. The normalized spacial score (nSPS) is 11.6. The molecule has 34 heavy (non-hydrogen) atoms. The molecule has 0 saturated heterocycles. The molecule has 0 spiro atoms. The highest BCUT2D eigenvalue weighted by Crippen LogP contribution is 2.20. The molecule has 0 aliphatic rings. The van der Waals surface area contributed by atoms with Crippen molar-refractivity contribution in [3.63, 3.8) is 0 Å². The maximum absolute atomic E-state index is 12.8. The van der Waals surface area contributed by atoms with E-state index in [4.69, 9.17) is 11.6 Å². The molecule has 3 aromatic carbocycles. The van der Waals surface area contributed by atoms with Gasteiger partial charge in [0.1, 0.15) is 0 Å². The molecule has 4 rings (SSSR count). The standard InChI is InChI=1S/C27H25ClN4O2/c28-24-9-5-4-8-23(24)27(34)31-25(22-6-2-1-3-7-22)16-26(33)30-17-20-10-12-21(13-11-20)18-32-15-14-29-19-32/h1-15,19,25H,16-18H2,(H,30,33)(H,31,34). The predicted octanol–water partition coefficient (Wildman–Crippen LogP) is 4.76. The Morgan fingerprint density at radius 2 is 1.62 bits per heavy atom. The van der Waals surface area contributed by atoms with Crippen molar-refractivity contribution in [2.24, 2.45) is 0 Å². The molecule has 0 bridgehead atoms. The van der Waals surface area contributed by atoms with Crippen molar-refractivity contribution < 1.29 is 9.59 Å². The van der Waals surface area contributed by atoms with Crippen LogP contribution in [0.25, 0.3) is 0 Å². The first-order valence-electron chi connectivity index (χ1n) is 11.0. The molecule has 4 aromatic rings. The minimum Gasteiger partial charge on any atom is -0.352 e. The van der Waals surface area contributed by atoms with Crippen molar-refractivity contribution in [2.75, 3.05) is 0 Å². The van der Waals surface area contributed by atoms with Gasteiger partial charge in [0.25, 0.3) is 5.91 Å². The number of aromatic nitrogens is 2. The van der Waals surface area contributed by atoms with Crippen LogP contribution >= 0.6 is 11.6 Å². The maximum atomic E-state index is 12.8. The van der Waals surface area contributed by atoms with Crippen LogP contribution in [0.2, 0.25) is 5.02 Å². The summed E-state index contributed by atoms with van der Waals surface area (Å²) < 4.78 is 2.00. The molecule has 0 fully saturated rings. The Labute approximate surface area is 203 Å². The molecule has 0 aliphatic heterocycles. The van der Waals surface area contributed by atoms with E-state index in [1.54, 1.807) is 36.8 Å². The number of hydrogen-bond donors (Lipinski definition) is 2. The highest BCUT2D eigenvalue weighted by Gasteiger charge is 2.20. The van der Waals surface area contributed by atoms with E-state index in [2.05, 4.69) is 15.6 Å². The lowest BCUT2D eigenvalue weighted by molar-refractivity contribution is -0.121. The van der Waals surface area contributed by atoms with Crippen LogP contribution in [0, 0.1) is 0 Å². The fourth-order valence-corrected chi connectivity index (χ4v) is 3.85. The number of nitrogens with one attached hydrogen (secondary N) is 2. The summed E-state index contributed by atoms with van der Waals surface area (Å²) in [6.07, 6.45) is 5.56. The summed E-state index contributed by atoms with van der Waals surface area (Å²) >= 11 is 6.18. The van der Waals surface area contributed by atoms with Gasteiger partial charge in [0.15, 0.2) is 0 Å². The summed E-state index contributed by atoms with van der Waals surface area (Å²) in [5, 5.41) is 6.28. The lowest BCUT2D eigenvalue weighted by Crippen LogP contribution is -2.33. The largest absolute Gasteiger partial charge is 0.352 e. The summed E-state index contributed by atoms with van der Waals surface area (Å²) in [6.45, 7) is 1.15. The number of hydrogen-bond acceptors (Lipinski definition) is 3. The van der Waals surface area contributed by atoms with E-state index >= 15 is 0 Å². The van der Waals surface area contributed by atoms with Crippen LogP contribution in [0.5, 0.6) is 0 Å². The summed E-state index contributed by atoms with van der Waals surface area (Å²) in [4.78, 5) is 29.6. The second-order valence-corrected chi connectivity index (χ2v) is 8.36. The molecule has 0 radical (unpaired) electrons. The van der Waals surface area contributed by atoms with Gasteiger partial charge in [-0.2, -0.15) is 0 Å². The third-order valence-corrected chi connectivity index (χ3v) is 5.78. The summed E-state index contributed by atoms with van der Waals surface area (Å²) in [7, 11) is 0. The SMILES string of the molecule is O=C(CC(NC(=O)c1ccccc1Cl)c1ccccc1)NCc1ccc(Cn2ccnc2)cc1. The average Bonchev–Trinajstić information content (AvgIpc) is 3.37. The highest BCUT2D eigenvalue weighted by molar-refractivity contribution is 6.33. The number of amides is 2. The average molecular weight is 473 g/mol. The molecule has 0 saturated carbocycles. The number of imidazole rings is 1. The lowest BCUT2D eigenvalue weighted by Gasteiger charge is -2.19. The first-order valence-corrected chi connectivity index (χ1v) is 11.4. The van der Waals surface area contributed by atoms with Gasteiger partial charge < -0.3 is 15.2 Å². The zero-order chi connectivity index (χ0) is 23.8. The molecule has 2 amide bonds. The zero-order valence-electron chi connectivity index (χ0n) is 18.5. The quantitative estimate of drug-likeness (QED) is 0.368. The van der Waals surface area contributed by atoms with Gasteiger partial charge in [0.2, 0.25) is 5.91 Å². The fourth-order valence-electron chi connectivity index (χ4n) is 3.63. The molecular weight excluding hydrogens is 448 g/mol. The van der Waals surface area contributed by atoms with Crippen LogP contribution in [0.4, 0.5) is 0 Å². The Morgan fingerprint density at radius 1 is 0.912 bits per heavy atom. The molecule has 1 unspecified atom stereocenters. The van der Waals surface area contributed by atoms with Gasteiger partial charge in [0, 0.05) is 25.5 Å². The van der Waals surface area contributed by atoms with Crippen molar-refractivity contribution in [2.45, 2.75) is 25.6 Å². The van der Waals surface area contributed by atoms with Crippen LogP contribution < -0.4 is 10.6 Å². The van der Waals surface area contributed by atoms with Gasteiger partial charge in [-0.1, -0.05) is 78.3 Å². The minimum absolute atomic E-state index is 0.110. The van der Waals surface area contributed by atoms with Crippen molar-refractivity contribution in [1.82, 2.24) is 20.2 Å². The van der Waals surface area contributed by atoms with E-state index in [-0.39, 0.29) is 18.2 Å². The van der Waals surface area contributed by atoms with Crippen LogP contribution in [-0.4, -0.2) is 21.4 Å². The molecule has 7 heteroatoms. The smallest absolute Gasteiger partial charge is 0.253 e. The molecule has 1 aromatic heterocycles. The number of carbonyl (C=O) groups excluding carboxylic acids is 2. The van der Waals surface area contributed by atoms with Crippen molar-refractivity contribution >= 4 is 23.4 Å². The second kappa shape index (κ2) is 11.3. The highest BCUT2D eigenvalue weighted by atomic mass is 35.5. The summed E-state index contributed by atoms with van der Waals surface area (Å²) in [5.41, 5.74) is 3.38. The first-order chi connectivity index (χ1) is 16.6. The second-order valence-electron chi connectivity index (χ2n) is 7.95. The Kier molecular flexibility index (Phi) is 7.73. The van der Waals surface area contributed by atoms with E-state index in [0.717, 1.165) is 23.2 Å². The van der Waals surface area contributed by atoms with Crippen LogP contribution in [0.3, 0.4) is 0 Å². The lowest BCUT2D eigenvalue weighted by atomic mass is 10.0. The number of rotatable bonds is 9. The number of nitrogens with zero attached hydrogens (tertiary/aromatic N) is 2. The van der Waals surface area contributed by atoms with E-state index in [0.29, 0.717) is 17.1 Å². The Bertz CT molecular complexity index is 1230. The van der Waals surface area contributed by atoms with E-state index in [9.17, 15) is 9.59 Å². The summed E-state index contributed by atoms with van der Waals surface area (Å²) in [5.74, 6) is -0.475. The van der Waals surface area contributed by atoms with Gasteiger partial charge in [-0.15, -0.1) is 0 Å². The third kappa shape index (κ3) is 6.33. The molecule has 1 atom stereocenters. The first kappa shape index (κ1) is 23.3. The van der Waals surface area contributed by atoms with Crippen LogP contribution in [0.1, 0.15) is 39.5 Å². The Morgan fingerprint density at radius 3 is 2.32 bits per heavy atom. The van der Waals surface area contributed by atoms with Crippen molar-refractivity contribution in [1.29, 1.82) is 0 Å². The van der Waals surface area contributed by atoms with Crippen molar-refractivity contribution in [3.05, 3.63) is 125 Å². The van der Waals surface area contributed by atoms with Crippen molar-refractivity contribution in [3.8, 4) is 0 Å². The van der Waals surface area contributed by atoms with Crippen LogP contribution in [-0.2, 0) is 17.9 Å². The molecule has 0 aliphatic carbocycles. The van der Waals surface area contributed by atoms with Gasteiger partial charge in [0.05, 0.1) is 29.4 Å². The number of benzene rings is 3. The van der Waals surface area contributed by atoms with Crippen LogP contribution in [0.15, 0.2) is 97.6 Å².